The van der Waals surface area contributed by atoms with Crippen molar-refractivity contribution in [2.45, 2.75) is 45.1 Å². The molecule has 0 bridgehead atoms. The summed E-state index contributed by atoms with van der Waals surface area (Å²) in [5.41, 5.74) is 5.10. The number of aliphatic hydroxyl groups is 2. The van der Waals surface area contributed by atoms with E-state index >= 15 is 0 Å². The summed E-state index contributed by atoms with van der Waals surface area (Å²) in [4.78, 5) is 44.6. The molecule has 2 N–H and O–H groups in total. The number of hydrogen-bond donors (Lipinski definition) is 2. The van der Waals surface area contributed by atoms with Crippen molar-refractivity contribution >= 4 is 28.7 Å². The van der Waals surface area contributed by atoms with Gasteiger partial charge < -0.3 is 20.0 Å². The molecule has 10 heteroatoms. The zero-order valence-corrected chi connectivity index (χ0v) is 19.8. The SMILES string of the molecule is C[C@H](O)C(=O)N1CCC(N2C(=O)N(C)Cc3cnc4ccc(-c5ccc(CO)nc5)nc4c32)CC1. The molecule has 0 radical (unpaired) electrons. The Balaban J connectivity index is 1.54. The number of aliphatic hydroxyl groups excluding tert-OH is 2. The molecule has 0 aromatic carbocycles. The monoisotopic (exact) mass is 476 g/mol. The van der Waals surface area contributed by atoms with Crippen LogP contribution in [0.1, 0.15) is 31.0 Å². The molecule has 3 aromatic heterocycles. The van der Waals surface area contributed by atoms with Gasteiger partial charge in [0.05, 0.1) is 35.7 Å². The van der Waals surface area contributed by atoms with E-state index in [9.17, 15) is 19.8 Å². The molecule has 0 saturated carbocycles. The zero-order valence-electron chi connectivity index (χ0n) is 19.8. The maximum atomic E-state index is 13.4. The topological polar surface area (TPSA) is 123 Å². The Morgan fingerprint density at radius 1 is 1.14 bits per heavy atom. The van der Waals surface area contributed by atoms with Gasteiger partial charge in [-0.2, -0.15) is 0 Å². The van der Waals surface area contributed by atoms with Crippen LogP contribution in [-0.4, -0.2) is 79.2 Å². The highest BCUT2D eigenvalue weighted by atomic mass is 16.3. The van der Waals surface area contributed by atoms with Gasteiger partial charge in [0.25, 0.3) is 5.91 Å². The molecule has 1 atom stereocenters. The molecule has 10 nitrogen and oxygen atoms in total. The van der Waals surface area contributed by atoms with Crippen LogP contribution in [0.25, 0.3) is 22.3 Å². The number of rotatable bonds is 4. The molecule has 0 spiro atoms. The first-order chi connectivity index (χ1) is 16.9. The van der Waals surface area contributed by atoms with Gasteiger partial charge in [-0.1, -0.05) is 0 Å². The van der Waals surface area contributed by atoms with Crippen LogP contribution in [0.5, 0.6) is 0 Å². The Bertz CT molecular complexity index is 1270. The van der Waals surface area contributed by atoms with Crippen LogP contribution in [0, 0.1) is 0 Å². The van der Waals surface area contributed by atoms with Crippen molar-refractivity contribution in [2.75, 3.05) is 25.0 Å². The highest BCUT2D eigenvalue weighted by Gasteiger charge is 2.38. The van der Waals surface area contributed by atoms with Gasteiger partial charge in [0.2, 0.25) is 0 Å². The Morgan fingerprint density at radius 3 is 2.57 bits per heavy atom. The lowest BCUT2D eigenvalue weighted by Crippen LogP contribution is -2.55. The van der Waals surface area contributed by atoms with Gasteiger partial charge in [-0.3, -0.25) is 19.7 Å². The molecule has 0 aliphatic carbocycles. The highest BCUT2D eigenvalue weighted by molar-refractivity contribution is 6.04. The molecule has 2 aliphatic heterocycles. The minimum atomic E-state index is -1.03. The van der Waals surface area contributed by atoms with E-state index in [1.54, 1.807) is 35.3 Å². The minimum Gasteiger partial charge on any atom is -0.390 e. The molecular weight excluding hydrogens is 448 g/mol. The molecule has 35 heavy (non-hydrogen) atoms. The van der Waals surface area contributed by atoms with Crippen LogP contribution in [0.2, 0.25) is 0 Å². The van der Waals surface area contributed by atoms with Crippen LogP contribution in [0.3, 0.4) is 0 Å². The summed E-state index contributed by atoms with van der Waals surface area (Å²) in [5.74, 6) is -0.285. The number of aromatic nitrogens is 3. The minimum absolute atomic E-state index is 0.105. The molecule has 182 valence electrons. The molecule has 5 heterocycles. The van der Waals surface area contributed by atoms with E-state index < -0.39 is 6.10 Å². The van der Waals surface area contributed by atoms with Gasteiger partial charge in [-0.05, 0) is 44.0 Å². The van der Waals surface area contributed by atoms with Gasteiger partial charge in [0, 0.05) is 49.7 Å². The van der Waals surface area contributed by atoms with E-state index in [-0.39, 0.29) is 24.6 Å². The third kappa shape index (κ3) is 4.19. The number of urea groups is 1. The molecule has 5 rings (SSSR count). The van der Waals surface area contributed by atoms with Crippen molar-refractivity contribution in [3.63, 3.8) is 0 Å². The fraction of sp³-hybridized carbons (Fsp3) is 0.400. The molecule has 3 aromatic rings. The standard InChI is InChI=1S/C25H28N6O4/c1-15(33)24(34)30-9-7-19(8-10-30)31-23-17(13-29(2)25(31)35)12-27-21-6-5-20(28-22(21)23)16-3-4-18(14-32)26-11-16/h3-6,11-12,15,19,32-33H,7-10,13-14H2,1-2H3/t15-/m0/s1. The summed E-state index contributed by atoms with van der Waals surface area (Å²) in [6.07, 6.45) is 3.65. The average Bonchev–Trinajstić information content (AvgIpc) is 2.89. The highest BCUT2D eigenvalue weighted by Crippen LogP contribution is 2.37. The molecule has 1 fully saturated rings. The van der Waals surface area contributed by atoms with Crippen molar-refractivity contribution in [1.82, 2.24) is 24.8 Å². The lowest BCUT2D eigenvalue weighted by Gasteiger charge is -2.43. The number of likely N-dealkylation sites (tertiary alicyclic amines) is 1. The fourth-order valence-corrected chi connectivity index (χ4v) is 4.86. The average molecular weight is 477 g/mol. The van der Waals surface area contributed by atoms with Crippen molar-refractivity contribution in [1.29, 1.82) is 0 Å². The Labute approximate surface area is 202 Å². The second-order valence-corrected chi connectivity index (χ2v) is 9.13. The smallest absolute Gasteiger partial charge is 0.324 e. The number of carbonyl (C=O) groups excluding carboxylic acids is 2. The molecule has 2 aliphatic rings. The van der Waals surface area contributed by atoms with E-state index in [0.717, 1.165) is 16.8 Å². The predicted molar refractivity (Wildman–Crippen MR) is 129 cm³/mol. The third-order valence-electron chi connectivity index (χ3n) is 6.72. The number of fused-ring (bicyclic) bond motifs is 3. The van der Waals surface area contributed by atoms with E-state index in [0.29, 0.717) is 54.9 Å². The lowest BCUT2D eigenvalue weighted by molar-refractivity contribution is -0.140. The number of piperidine rings is 1. The van der Waals surface area contributed by atoms with Crippen molar-refractivity contribution in [3.8, 4) is 11.3 Å². The van der Waals surface area contributed by atoms with Gasteiger partial charge in [0.15, 0.2) is 0 Å². The summed E-state index contributed by atoms with van der Waals surface area (Å²) in [7, 11) is 1.77. The van der Waals surface area contributed by atoms with Crippen LogP contribution >= 0.6 is 0 Å². The van der Waals surface area contributed by atoms with Gasteiger partial charge in [-0.15, -0.1) is 0 Å². The Kier molecular flexibility index (Phi) is 6.08. The summed E-state index contributed by atoms with van der Waals surface area (Å²) in [5, 5.41) is 19.0. The molecule has 0 unspecified atom stereocenters. The molecule has 3 amide bonds. The number of carbonyl (C=O) groups is 2. The van der Waals surface area contributed by atoms with E-state index in [1.165, 1.54) is 6.92 Å². The van der Waals surface area contributed by atoms with Crippen molar-refractivity contribution in [2.24, 2.45) is 0 Å². The lowest BCUT2D eigenvalue weighted by atomic mass is 9.99. The number of pyridine rings is 3. The summed E-state index contributed by atoms with van der Waals surface area (Å²) in [6, 6.07) is 7.17. The zero-order chi connectivity index (χ0) is 24.7. The van der Waals surface area contributed by atoms with Gasteiger partial charge >= 0.3 is 6.03 Å². The van der Waals surface area contributed by atoms with Crippen LogP contribution in [-0.2, 0) is 17.9 Å². The number of amides is 3. The van der Waals surface area contributed by atoms with Gasteiger partial charge in [0.1, 0.15) is 11.6 Å². The second-order valence-electron chi connectivity index (χ2n) is 9.13. The van der Waals surface area contributed by atoms with E-state index in [1.807, 2.05) is 23.1 Å². The first-order valence-corrected chi connectivity index (χ1v) is 11.7. The van der Waals surface area contributed by atoms with E-state index in [2.05, 4.69) is 9.97 Å². The second kappa shape index (κ2) is 9.20. The maximum Gasteiger partial charge on any atom is 0.324 e. The van der Waals surface area contributed by atoms with Crippen molar-refractivity contribution in [3.05, 3.63) is 47.9 Å². The van der Waals surface area contributed by atoms with E-state index in [4.69, 9.17) is 4.98 Å². The fourth-order valence-electron chi connectivity index (χ4n) is 4.86. The van der Waals surface area contributed by atoms with Gasteiger partial charge in [-0.25, -0.2) is 9.78 Å². The first-order valence-electron chi connectivity index (χ1n) is 11.7. The Hall–Kier alpha value is -3.63. The Morgan fingerprint density at radius 2 is 1.91 bits per heavy atom. The van der Waals surface area contributed by atoms with Crippen LogP contribution in [0.4, 0.5) is 10.5 Å². The van der Waals surface area contributed by atoms with Crippen molar-refractivity contribution < 1.29 is 19.8 Å². The largest absolute Gasteiger partial charge is 0.390 e. The molecule has 1 saturated heterocycles. The van der Waals surface area contributed by atoms with Crippen LogP contribution < -0.4 is 4.90 Å². The predicted octanol–water partition coefficient (Wildman–Crippen LogP) is 1.93. The number of hydrogen-bond acceptors (Lipinski definition) is 7. The first kappa shape index (κ1) is 23.1. The maximum absolute atomic E-state index is 13.4. The number of anilines is 1. The molecular formula is C25H28N6O4. The third-order valence-corrected chi connectivity index (χ3v) is 6.72. The quantitative estimate of drug-likeness (QED) is 0.590. The van der Waals surface area contributed by atoms with Crippen LogP contribution in [0.15, 0.2) is 36.7 Å². The summed E-state index contributed by atoms with van der Waals surface area (Å²) < 4.78 is 0. The number of nitrogens with zero attached hydrogens (tertiary/aromatic N) is 6. The summed E-state index contributed by atoms with van der Waals surface area (Å²) in [6.45, 7) is 2.73. The summed E-state index contributed by atoms with van der Waals surface area (Å²) >= 11 is 0. The normalized spacial score (nSPS) is 17.6.